The van der Waals surface area contributed by atoms with Gasteiger partial charge in [0.25, 0.3) is 5.91 Å². The van der Waals surface area contributed by atoms with Crippen molar-refractivity contribution in [3.05, 3.63) is 101 Å². The van der Waals surface area contributed by atoms with Crippen molar-refractivity contribution in [2.45, 2.75) is 45.9 Å². The summed E-state index contributed by atoms with van der Waals surface area (Å²) < 4.78 is 7.95. The van der Waals surface area contributed by atoms with Crippen LogP contribution in [0.4, 0.5) is 0 Å². The molecule has 1 N–H and O–H groups in total. The molecule has 1 saturated heterocycles. The Morgan fingerprint density at radius 3 is 2.66 bits per heavy atom. The van der Waals surface area contributed by atoms with Crippen molar-refractivity contribution < 1.29 is 9.53 Å². The number of benzene rings is 2. The number of carbonyl (C=O) groups is 1. The predicted molar refractivity (Wildman–Crippen MR) is 138 cm³/mol. The maximum absolute atomic E-state index is 12.9. The molecular formula is C29H32N4O2. The number of piperidine rings is 1. The lowest BCUT2D eigenvalue weighted by molar-refractivity contribution is 0.0908. The van der Waals surface area contributed by atoms with E-state index in [9.17, 15) is 4.79 Å². The van der Waals surface area contributed by atoms with Crippen LogP contribution in [0.5, 0.6) is 5.75 Å². The molecular weight excluding hydrogens is 436 g/mol. The molecule has 2 aromatic heterocycles. The number of fused-ring (bicyclic) bond motifs is 1. The van der Waals surface area contributed by atoms with E-state index in [1.54, 1.807) is 0 Å². The van der Waals surface area contributed by atoms with Crippen LogP contribution in [0.25, 0.3) is 5.65 Å². The quantitative estimate of drug-likeness (QED) is 0.418. The molecule has 1 aliphatic heterocycles. The van der Waals surface area contributed by atoms with Crippen LogP contribution in [0.2, 0.25) is 0 Å². The molecule has 6 heteroatoms. The maximum Gasteiger partial charge on any atom is 0.251 e. The van der Waals surface area contributed by atoms with E-state index in [2.05, 4.69) is 53.3 Å². The van der Waals surface area contributed by atoms with Crippen LogP contribution in [0, 0.1) is 13.8 Å². The number of aromatic nitrogens is 2. The van der Waals surface area contributed by atoms with E-state index in [1.165, 1.54) is 16.7 Å². The van der Waals surface area contributed by atoms with Crippen molar-refractivity contribution in [2.24, 2.45) is 0 Å². The molecule has 1 aliphatic rings. The van der Waals surface area contributed by atoms with Gasteiger partial charge >= 0.3 is 0 Å². The lowest BCUT2D eigenvalue weighted by Gasteiger charge is -2.32. The Hall–Kier alpha value is -3.64. The third-order valence-electron chi connectivity index (χ3n) is 6.54. The van der Waals surface area contributed by atoms with Crippen molar-refractivity contribution in [1.29, 1.82) is 0 Å². The molecule has 6 nitrogen and oxygen atoms in total. The zero-order valence-corrected chi connectivity index (χ0v) is 20.4. The highest BCUT2D eigenvalue weighted by atomic mass is 16.5. The number of aryl methyl sites for hydroxylation is 2. The van der Waals surface area contributed by atoms with Gasteiger partial charge in [0.05, 0.1) is 5.69 Å². The molecule has 0 bridgehead atoms. The van der Waals surface area contributed by atoms with Crippen LogP contribution in [0.15, 0.2) is 73.1 Å². The summed E-state index contributed by atoms with van der Waals surface area (Å²) in [5.74, 6) is 0.620. The van der Waals surface area contributed by atoms with Gasteiger partial charge in [0.15, 0.2) is 0 Å². The summed E-state index contributed by atoms with van der Waals surface area (Å²) in [5, 5.41) is 3.22. The van der Waals surface area contributed by atoms with E-state index in [1.807, 2.05) is 53.2 Å². The number of imidazole rings is 1. The Labute approximate surface area is 206 Å². The van der Waals surface area contributed by atoms with Crippen molar-refractivity contribution in [3.8, 4) is 5.75 Å². The zero-order valence-electron chi connectivity index (χ0n) is 20.4. The first kappa shape index (κ1) is 23.1. The normalized spacial score (nSPS) is 14.8. The van der Waals surface area contributed by atoms with Crippen LogP contribution >= 0.6 is 0 Å². The van der Waals surface area contributed by atoms with E-state index < -0.39 is 0 Å². The smallest absolute Gasteiger partial charge is 0.251 e. The number of nitrogens with one attached hydrogen (secondary N) is 1. The molecule has 0 radical (unpaired) electrons. The van der Waals surface area contributed by atoms with Gasteiger partial charge in [0.2, 0.25) is 0 Å². The average Bonchev–Trinajstić information content (AvgIpc) is 3.26. The highest BCUT2D eigenvalue weighted by molar-refractivity contribution is 5.94. The highest BCUT2D eigenvalue weighted by Gasteiger charge is 2.21. The summed E-state index contributed by atoms with van der Waals surface area (Å²) >= 11 is 0. The third kappa shape index (κ3) is 5.89. The van der Waals surface area contributed by atoms with Crippen LogP contribution in [0.3, 0.4) is 0 Å². The van der Waals surface area contributed by atoms with Crippen molar-refractivity contribution in [3.63, 3.8) is 0 Å². The Bertz CT molecular complexity index is 1320. The number of hydrogen-bond acceptors (Lipinski definition) is 4. The van der Waals surface area contributed by atoms with Crippen LogP contribution in [0.1, 0.15) is 45.6 Å². The fourth-order valence-corrected chi connectivity index (χ4v) is 4.68. The third-order valence-corrected chi connectivity index (χ3v) is 6.54. The maximum atomic E-state index is 12.9. The summed E-state index contributed by atoms with van der Waals surface area (Å²) in [5.41, 5.74) is 6.19. The summed E-state index contributed by atoms with van der Waals surface area (Å²) in [6.45, 7) is 7.48. The number of hydrogen-bond donors (Lipinski definition) is 1. The Morgan fingerprint density at radius 2 is 1.83 bits per heavy atom. The van der Waals surface area contributed by atoms with Gasteiger partial charge in [-0.05, 0) is 62.1 Å². The number of rotatable bonds is 7. The molecule has 1 fully saturated rings. The highest BCUT2D eigenvalue weighted by Crippen LogP contribution is 2.18. The molecule has 4 aromatic rings. The molecule has 0 aliphatic carbocycles. The van der Waals surface area contributed by atoms with E-state index in [0.717, 1.165) is 43.8 Å². The Morgan fingerprint density at radius 1 is 1.00 bits per heavy atom. The Balaban J connectivity index is 1.12. The lowest BCUT2D eigenvalue weighted by atomic mass is 10.0. The first-order valence-corrected chi connectivity index (χ1v) is 12.3. The van der Waals surface area contributed by atoms with E-state index in [4.69, 9.17) is 4.74 Å². The second-order valence-electron chi connectivity index (χ2n) is 9.53. The topological polar surface area (TPSA) is 58.9 Å². The van der Waals surface area contributed by atoms with Gasteiger partial charge in [-0.2, -0.15) is 0 Å². The van der Waals surface area contributed by atoms with Crippen LogP contribution in [-0.2, 0) is 13.2 Å². The molecule has 35 heavy (non-hydrogen) atoms. The molecule has 0 saturated carbocycles. The molecule has 2 aromatic carbocycles. The first-order valence-electron chi connectivity index (χ1n) is 12.3. The molecule has 180 valence electrons. The predicted octanol–water partition coefficient (Wildman–Crippen LogP) is 4.92. The standard InChI is InChI=1S/C29H32N4O2/c1-21-5-3-6-23(15-21)18-32-13-11-25(12-14-32)31-29(34)24-7-4-8-27(16-24)35-20-26-19-33-17-22(2)9-10-28(33)30-26/h3-10,15-17,19,25H,11-14,18,20H2,1-2H3,(H,31,34). The number of pyridine rings is 1. The lowest BCUT2D eigenvalue weighted by Crippen LogP contribution is -2.44. The van der Waals surface area contributed by atoms with Gasteiger partial charge in [0, 0.05) is 43.6 Å². The number of amides is 1. The van der Waals surface area contributed by atoms with E-state index in [-0.39, 0.29) is 11.9 Å². The minimum Gasteiger partial charge on any atom is -0.487 e. The van der Waals surface area contributed by atoms with Gasteiger partial charge in [-0.1, -0.05) is 42.0 Å². The number of carbonyl (C=O) groups excluding carboxylic acids is 1. The largest absolute Gasteiger partial charge is 0.487 e. The molecule has 0 unspecified atom stereocenters. The van der Waals surface area contributed by atoms with Gasteiger partial charge in [-0.25, -0.2) is 4.98 Å². The van der Waals surface area contributed by atoms with E-state index in [0.29, 0.717) is 17.9 Å². The zero-order chi connectivity index (χ0) is 24.2. The van der Waals surface area contributed by atoms with Gasteiger partial charge in [-0.3, -0.25) is 9.69 Å². The summed E-state index contributed by atoms with van der Waals surface area (Å²) in [6.07, 6.45) is 5.94. The van der Waals surface area contributed by atoms with Gasteiger partial charge < -0.3 is 14.5 Å². The fraction of sp³-hybridized carbons (Fsp3) is 0.310. The van der Waals surface area contributed by atoms with Crippen molar-refractivity contribution in [1.82, 2.24) is 19.6 Å². The number of ether oxygens (including phenoxy) is 1. The number of nitrogens with zero attached hydrogens (tertiary/aromatic N) is 3. The van der Waals surface area contributed by atoms with Crippen molar-refractivity contribution in [2.75, 3.05) is 13.1 Å². The monoisotopic (exact) mass is 468 g/mol. The molecule has 0 atom stereocenters. The van der Waals surface area contributed by atoms with Crippen molar-refractivity contribution >= 4 is 11.6 Å². The number of likely N-dealkylation sites (tertiary alicyclic amines) is 1. The fourth-order valence-electron chi connectivity index (χ4n) is 4.68. The summed E-state index contributed by atoms with van der Waals surface area (Å²) in [6, 6.07) is 20.3. The van der Waals surface area contributed by atoms with Crippen LogP contribution < -0.4 is 10.1 Å². The van der Waals surface area contributed by atoms with Gasteiger partial charge in [-0.15, -0.1) is 0 Å². The molecule has 3 heterocycles. The van der Waals surface area contributed by atoms with Crippen LogP contribution in [-0.4, -0.2) is 39.3 Å². The minimum atomic E-state index is -0.0456. The SMILES string of the molecule is Cc1cccc(CN2CCC(NC(=O)c3cccc(OCc4cn5cc(C)ccc5n4)c3)CC2)c1. The molecule has 0 spiro atoms. The summed E-state index contributed by atoms with van der Waals surface area (Å²) in [4.78, 5) is 20.0. The molecule has 5 rings (SSSR count). The second-order valence-corrected chi connectivity index (χ2v) is 9.53. The molecule has 1 amide bonds. The van der Waals surface area contributed by atoms with Gasteiger partial charge in [0.1, 0.15) is 18.0 Å². The average molecular weight is 469 g/mol. The first-order chi connectivity index (χ1) is 17.0. The Kier molecular flexibility index (Phi) is 6.82. The minimum absolute atomic E-state index is 0.0456. The van der Waals surface area contributed by atoms with E-state index >= 15 is 0 Å². The summed E-state index contributed by atoms with van der Waals surface area (Å²) in [7, 11) is 0. The second kappa shape index (κ2) is 10.3.